The van der Waals surface area contributed by atoms with Crippen molar-refractivity contribution in [1.82, 2.24) is 19.4 Å². The minimum absolute atomic E-state index is 0.149. The maximum Gasteiger partial charge on any atom is 0.416 e. The van der Waals surface area contributed by atoms with Crippen LogP contribution in [0.4, 0.5) is 13.2 Å². The molecule has 1 fully saturated rings. The van der Waals surface area contributed by atoms with Crippen LogP contribution in [0.3, 0.4) is 0 Å². The van der Waals surface area contributed by atoms with E-state index in [1.54, 1.807) is 11.1 Å². The number of carbonyl (C=O) groups is 1. The molecule has 0 unspecified atom stereocenters. The molecule has 2 aromatic carbocycles. The van der Waals surface area contributed by atoms with Gasteiger partial charge in [-0.15, -0.1) is 0 Å². The number of aromatic nitrogens is 2. The fraction of sp³-hybridized carbons (Fsp3) is 0.360. The van der Waals surface area contributed by atoms with Gasteiger partial charge < -0.3 is 9.47 Å². The summed E-state index contributed by atoms with van der Waals surface area (Å²) in [6, 6.07) is 13.3. The van der Waals surface area contributed by atoms with E-state index in [0.717, 1.165) is 37.5 Å². The average Bonchev–Trinajstić information content (AvgIpc) is 3.09. The van der Waals surface area contributed by atoms with Gasteiger partial charge in [-0.2, -0.15) is 13.2 Å². The van der Waals surface area contributed by atoms with Gasteiger partial charge in [-0.3, -0.25) is 9.69 Å². The van der Waals surface area contributed by atoms with Gasteiger partial charge in [0, 0.05) is 50.1 Å². The zero-order valence-corrected chi connectivity index (χ0v) is 19.4. The van der Waals surface area contributed by atoms with Crippen molar-refractivity contribution in [2.24, 2.45) is 0 Å². The molecule has 9 heteroatoms. The number of hydrogen-bond acceptors (Lipinski definition) is 3. The van der Waals surface area contributed by atoms with Crippen molar-refractivity contribution in [3.8, 4) is 0 Å². The lowest BCUT2D eigenvalue weighted by atomic mass is 10.1. The molecule has 1 aromatic heterocycles. The Balaban J connectivity index is 1.35. The Bertz CT molecular complexity index is 1120. The highest BCUT2D eigenvalue weighted by molar-refractivity contribution is 6.31. The molecular formula is C25H26ClF3N4O. The van der Waals surface area contributed by atoms with E-state index in [1.165, 1.54) is 11.6 Å². The van der Waals surface area contributed by atoms with Gasteiger partial charge in [0.15, 0.2) is 0 Å². The van der Waals surface area contributed by atoms with Gasteiger partial charge in [0.1, 0.15) is 5.82 Å². The summed E-state index contributed by atoms with van der Waals surface area (Å²) < 4.78 is 41.3. The molecule has 3 aromatic rings. The van der Waals surface area contributed by atoms with Crippen LogP contribution in [0.2, 0.25) is 5.02 Å². The Morgan fingerprint density at radius 2 is 1.79 bits per heavy atom. The number of rotatable bonds is 6. The molecule has 0 atom stereocenters. The van der Waals surface area contributed by atoms with Crippen molar-refractivity contribution in [3.63, 3.8) is 0 Å². The Labute approximate surface area is 201 Å². The van der Waals surface area contributed by atoms with Crippen LogP contribution in [0, 0.1) is 0 Å². The molecule has 0 saturated carbocycles. The van der Waals surface area contributed by atoms with Gasteiger partial charge in [0.2, 0.25) is 5.91 Å². The Hall–Kier alpha value is -2.84. The third-order valence-electron chi connectivity index (χ3n) is 6.02. The highest BCUT2D eigenvalue weighted by Gasteiger charge is 2.31. The van der Waals surface area contributed by atoms with E-state index >= 15 is 0 Å². The van der Waals surface area contributed by atoms with Crippen LogP contribution < -0.4 is 0 Å². The fourth-order valence-electron chi connectivity index (χ4n) is 4.16. The molecule has 5 nitrogen and oxygen atoms in total. The van der Waals surface area contributed by atoms with Gasteiger partial charge >= 0.3 is 6.18 Å². The topological polar surface area (TPSA) is 41.4 Å². The molecule has 1 aliphatic rings. The second-order valence-corrected chi connectivity index (χ2v) is 8.86. The molecule has 1 saturated heterocycles. The van der Waals surface area contributed by atoms with E-state index in [9.17, 15) is 18.0 Å². The second kappa shape index (κ2) is 10.6. The number of alkyl halides is 3. The minimum Gasteiger partial charge on any atom is -0.341 e. The maximum absolute atomic E-state index is 13.0. The summed E-state index contributed by atoms with van der Waals surface area (Å²) in [5, 5.41) is 0.169. The van der Waals surface area contributed by atoms with Crippen molar-refractivity contribution in [2.45, 2.75) is 32.1 Å². The Kier molecular flexibility index (Phi) is 7.58. The van der Waals surface area contributed by atoms with Crippen molar-refractivity contribution >= 4 is 17.5 Å². The second-order valence-electron chi connectivity index (χ2n) is 8.45. The predicted octanol–water partition coefficient (Wildman–Crippen LogP) is 4.88. The van der Waals surface area contributed by atoms with Gasteiger partial charge in [-0.1, -0.05) is 41.9 Å². The molecule has 2 heterocycles. The average molecular weight is 491 g/mol. The van der Waals surface area contributed by atoms with E-state index in [2.05, 4.69) is 26.6 Å². The first-order valence-corrected chi connectivity index (χ1v) is 11.6. The first-order chi connectivity index (χ1) is 16.3. The highest BCUT2D eigenvalue weighted by atomic mass is 35.5. The molecule has 4 rings (SSSR count). The van der Waals surface area contributed by atoms with Crippen LogP contribution in [0.5, 0.6) is 0 Å². The van der Waals surface area contributed by atoms with Gasteiger partial charge in [-0.05, 0) is 35.7 Å². The first kappa shape index (κ1) is 24.3. The molecule has 0 aliphatic carbocycles. The van der Waals surface area contributed by atoms with Crippen molar-refractivity contribution in [1.29, 1.82) is 0 Å². The molecule has 0 N–H and O–H groups in total. The monoisotopic (exact) mass is 490 g/mol. The summed E-state index contributed by atoms with van der Waals surface area (Å²) in [6.45, 7) is 3.96. The molecule has 0 bridgehead atoms. The van der Waals surface area contributed by atoms with Crippen LogP contribution in [-0.4, -0.2) is 51.4 Å². The molecule has 0 radical (unpaired) electrons. The highest BCUT2D eigenvalue weighted by Crippen LogP contribution is 2.32. The summed E-state index contributed by atoms with van der Waals surface area (Å²) in [7, 11) is 0. The zero-order chi connectivity index (χ0) is 24.1. The molecule has 34 heavy (non-hydrogen) atoms. The quantitative estimate of drug-likeness (QED) is 0.494. The van der Waals surface area contributed by atoms with E-state index in [1.807, 2.05) is 24.4 Å². The standard InChI is InChI=1S/C25H26ClF3N4O/c26-22-8-7-21(25(27,28)29)15-20(22)16-24(34)32-11-4-10-31(13-14-32)18-23-30-9-12-33(23)17-19-5-2-1-3-6-19/h1-3,5-9,12,15H,4,10-11,13-14,16-18H2. The summed E-state index contributed by atoms with van der Waals surface area (Å²) >= 11 is 6.08. The lowest BCUT2D eigenvalue weighted by molar-refractivity contribution is -0.138. The molecular weight excluding hydrogens is 465 g/mol. The Morgan fingerprint density at radius 3 is 2.56 bits per heavy atom. The van der Waals surface area contributed by atoms with Gasteiger partial charge in [0.25, 0.3) is 0 Å². The predicted molar refractivity (Wildman–Crippen MR) is 124 cm³/mol. The molecule has 0 spiro atoms. The lowest BCUT2D eigenvalue weighted by Crippen LogP contribution is -2.36. The largest absolute Gasteiger partial charge is 0.416 e. The molecule has 1 aliphatic heterocycles. The van der Waals surface area contributed by atoms with Crippen LogP contribution in [0.15, 0.2) is 60.9 Å². The summed E-state index contributed by atoms with van der Waals surface area (Å²) in [4.78, 5) is 21.4. The van der Waals surface area contributed by atoms with Crippen LogP contribution in [0.1, 0.15) is 28.9 Å². The number of carbonyl (C=O) groups excluding carboxylic acids is 1. The first-order valence-electron chi connectivity index (χ1n) is 11.2. The number of benzene rings is 2. The van der Waals surface area contributed by atoms with Gasteiger partial charge in [-0.25, -0.2) is 4.98 Å². The zero-order valence-electron chi connectivity index (χ0n) is 18.6. The summed E-state index contributed by atoms with van der Waals surface area (Å²) in [5.74, 6) is 0.744. The fourth-order valence-corrected chi connectivity index (χ4v) is 4.34. The van der Waals surface area contributed by atoms with Gasteiger partial charge in [0.05, 0.1) is 18.5 Å². The summed E-state index contributed by atoms with van der Waals surface area (Å²) in [6.07, 6.45) is -0.0804. The van der Waals surface area contributed by atoms with E-state index in [-0.39, 0.29) is 22.9 Å². The van der Waals surface area contributed by atoms with E-state index in [0.29, 0.717) is 26.2 Å². The maximum atomic E-state index is 13.0. The number of amides is 1. The van der Waals surface area contributed by atoms with Crippen molar-refractivity contribution < 1.29 is 18.0 Å². The van der Waals surface area contributed by atoms with Crippen molar-refractivity contribution in [3.05, 3.63) is 88.5 Å². The molecule has 1 amide bonds. The number of halogens is 4. The third-order valence-corrected chi connectivity index (χ3v) is 6.39. The number of nitrogens with zero attached hydrogens (tertiary/aromatic N) is 4. The number of hydrogen-bond donors (Lipinski definition) is 0. The minimum atomic E-state index is -4.47. The lowest BCUT2D eigenvalue weighted by Gasteiger charge is -2.22. The normalized spacial score (nSPS) is 15.4. The van der Waals surface area contributed by atoms with Crippen LogP contribution in [0.25, 0.3) is 0 Å². The Morgan fingerprint density at radius 1 is 1.00 bits per heavy atom. The third kappa shape index (κ3) is 6.18. The van der Waals surface area contributed by atoms with Crippen molar-refractivity contribution in [2.75, 3.05) is 26.2 Å². The summed E-state index contributed by atoms with van der Waals surface area (Å²) in [5.41, 5.74) is 0.598. The van der Waals surface area contributed by atoms with Crippen LogP contribution in [-0.2, 0) is 30.5 Å². The van der Waals surface area contributed by atoms with E-state index in [4.69, 9.17) is 11.6 Å². The molecule has 180 valence electrons. The smallest absolute Gasteiger partial charge is 0.341 e. The van der Waals surface area contributed by atoms with Crippen LogP contribution >= 0.6 is 11.6 Å². The van der Waals surface area contributed by atoms with E-state index < -0.39 is 11.7 Å². The SMILES string of the molecule is O=C(Cc1cc(C(F)(F)F)ccc1Cl)N1CCCN(Cc2nccn2Cc2ccccc2)CC1. The number of imidazole rings is 1.